The molecule has 1 aromatic carbocycles. The van der Waals surface area contributed by atoms with Crippen LogP contribution in [0.5, 0.6) is 0 Å². The van der Waals surface area contributed by atoms with Crippen LogP contribution in [0.25, 0.3) is 0 Å². The van der Waals surface area contributed by atoms with Gasteiger partial charge in [-0.3, -0.25) is 9.48 Å². The highest BCUT2D eigenvalue weighted by atomic mass is 16.2. The van der Waals surface area contributed by atoms with Crippen LogP contribution in [-0.2, 0) is 18.3 Å². The van der Waals surface area contributed by atoms with Crippen LogP contribution >= 0.6 is 0 Å². The van der Waals surface area contributed by atoms with E-state index in [-0.39, 0.29) is 5.92 Å². The first-order valence-electron chi connectivity index (χ1n) is 8.44. The Kier molecular flexibility index (Phi) is 3.29. The molecule has 4 heteroatoms. The molecule has 1 fully saturated rings. The lowest BCUT2D eigenvalue weighted by atomic mass is 9.95. The van der Waals surface area contributed by atoms with E-state index in [1.54, 1.807) is 0 Å². The average Bonchev–Trinajstić information content (AvgIpc) is 3.20. The zero-order chi connectivity index (χ0) is 16.1. The average molecular weight is 309 g/mol. The summed E-state index contributed by atoms with van der Waals surface area (Å²) in [5, 5.41) is 4.24. The molecule has 2 atom stereocenters. The molecule has 2 aliphatic rings. The minimum atomic E-state index is 0.130. The molecule has 2 heterocycles. The zero-order valence-corrected chi connectivity index (χ0v) is 14.0. The van der Waals surface area contributed by atoms with E-state index in [4.69, 9.17) is 0 Å². The molecule has 4 rings (SSSR count). The second kappa shape index (κ2) is 5.22. The molecule has 0 radical (unpaired) electrons. The quantitative estimate of drug-likeness (QED) is 0.855. The number of aryl methyl sites for hydroxylation is 4. The van der Waals surface area contributed by atoms with Gasteiger partial charge in [0.15, 0.2) is 0 Å². The first-order valence-corrected chi connectivity index (χ1v) is 8.44. The van der Waals surface area contributed by atoms with Crippen LogP contribution in [0.3, 0.4) is 0 Å². The van der Waals surface area contributed by atoms with Gasteiger partial charge in [-0.2, -0.15) is 5.10 Å². The predicted molar refractivity (Wildman–Crippen MR) is 90.6 cm³/mol. The van der Waals surface area contributed by atoms with E-state index in [9.17, 15) is 4.79 Å². The summed E-state index contributed by atoms with van der Waals surface area (Å²) >= 11 is 0. The molecule has 0 saturated heterocycles. The SMILES string of the molecule is Cc1cc(C)c2c(c1)CCCN2C(=O)[C@H]1C[C@@H]1c1cnn(C)c1. The number of fused-ring (bicyclic) bond motifs is 1. The van der Waals surface area contributed by atoms with Crippen LogP contribution in [-0.4, -0.2) is 22.2 Å². The summed E-state index contributed by atoms with van der Waals surface area (Å²) in [6, 6.07) is 4.43. The number of hydrogen-bond acceptors (Lipinski definition) is 2. The Labute approximate surface area is 137 Å². The fraction of sp³-hybridized carbons (Fsp3) is 0.474. The summed E-state index contributed by atoms with van der Waals surface area (Å²) in [6.07, 6.45) is 7.04. The van der Waals surface area contributed by atoms with Crippen LogP contribution in [0.4, 0.5) is 5.69 Å². The van der Waals surface area contributed by atoms with E-state index in [1.807, 2.05) is 24.1 Å². The van der Waals surface area contributed by atoms with Crippen molar-refractivity contribution < 1.29 is 4.79 Å². The van der Waals surface area contributed by atoms with Gasteiger partial charge in [0.1, 0.15) is 0 Å². The number of amides is 1. The number of aromatic nitrogens is 2. The van der Waals surface area contributed by atoms with E-state index < -0.39 is 0 Å². The molecule has 1 saturated carbocycles. The highest BCUT2D eigenvalue weighted by Gasteiger charge is 2.47. The highest BCUT2D eigenvalue weighted by molar-refractivity contribution is 5.99. The van der Waals surface area contributed by atoms with Crippen molar-refractivity contribution in [1.29, 1.82) is 0 Å². The summed E-state index contributed by atoms with van der Waals surface area (Å²) in [6.45, 7) is 5.11. The zero-order valence-electron chi connectivity index (χ0n) is 14.0. The Morgan fingerprint density at radius 3 is 2.87 bits per heavy atom. The van der Waals surface area contributed by atoms with Gasteiger partial charge in [0.2, 0.25) is 5.91 Å². The van der Waals surface area contributed by atoms with E-state index in [0.717, 1.165) is 25.8 Å². The van der Waals surface area contributed by atoms with Gasteiger partial charge in [0.25, 0.3) is 0 Å². The molecule has 1 aliphatic carbocycles. The van der Waals surface area contributed by atoms with Gasteiger partial charge >= 0.3 is 0 Å². The molecule has 0 N–H and O–H groups in total. The lowest BCUT2D eigenvalue weighted by Crippen LogP contribution is -2.37. The van der Waals surface area contributed by atoms with Crippen LogP contribution in [0.2, 0.25) is 0 Å². The minimum Gasteiger partial charge on any atom is -0.312 e. The van der Waals surface area contributed by atoms with Gasteiger partial charge < -0.3 is 4.90 Å². The lowest BCUT2D eigenvalue weighted by molar-refractivity contribution is -0.120. The molecule has 1 aliphatic heterocycles. The topological polar surface area (TPSA) is 38.1 Å². The molecule has 1 aromatic heterocycles. The molecule has 23 heavy (non-hydrogen) atoms. The van der Waals surface area contributed by atoms with Gasteiger partial charge in [-0.05, 0) is 55.7 Å². The fourth-order valence-electron chi connectivity index (χ4n) is 4.05. The lowest BCUT2D eigenvalue weighted by Gasteiger charge is -2.31. The number of anilines is 1. The Bertz CT molecular complexity index is 777. The third kappa shape index (κ3) is 2.46. The fourth-order valence-corrected chi connectivity index (χ4v) is 4.05. The highest BCUT2D eigenvalue weighted by Crippen LogP contribution is 2.49. The molecule has 0 bridgehead atoms. The molecule has 0 spiro atoms. The van der Waals surface area contributed by atoms with Gasteiger partial charge in [-0.25, -0.2) is 0 Å². The van der Waals surface area contributed by atoms with E-state index >= 15 is 0 Å². The maximum atomic E-state index is 13.0. The first kappa shape index (κ1) is 14.5. The largest absolute Gasteiger partial charge is 0.312 e. The van der Waals surface area contributed by atoms with Crippen molar-refractivity contribution in [3.63, 3.8) is 0 Å². The van der Waals surface area contributed by atoms with Crippen LogP contribution < -0.4 is 4.90 Å². The van der Waals surface area contributed by atoms with Gasteiger partial charge in [0, 0.05) is 31.4 Å². The smallest absolute Gasteiger partial charge is 0.230 e. The van der Waals surface area contributed by atoms with Crippen molar-refractivity contribution in [2.24, 2.45) is 13.0 Å². The maximum absolute atomic E-state index is 13.0. The van der Waals surface area contributed by atoms with Gasteiger partial charge in [-0.1, -0.05) is 17.7 Å². The third-order valence-electron chi connectivity index (χ3n) is 5.15. The summed E-state index contributed by atoms with van der Waals surface area (Å²) in [5.74, 6) is 0.782. The monoisotopic (exact) mass is 309 g/mol. The van der Waals surface area contributed by atoms with Crippen molar-refractivity contribution in [3.05, 3.63) is 46.8 Å². The van der Waals surface area contributed by atoms with Crippen molar-refractivity contribution in [1.82, 2.24) is 9.78 Å². The Morgan fingerprint density at radius 2 is 2.13 bits per heavy atom. The Morgan fingerprint density at radius 1 is 1.30 bits per heavy atom. The van der Waals surface area contributed by atoms with Gasteiger partial charge in [0.05, 0.1) is 6.20 Å². The summed E-state index contributed by atoms with van der Waals surface area (Å²) in [4.78, 5) is 15.1. The Balaban J connectivity index is 1.60. The van der Waals surface area contributed by atoms with Crippen molar-refractivity contribution >= 4 is 11.6 Å². The number of nitrogens with zero attached hydrogens (tertiary/aromatic N) is 3. The van der Waals surface area contributed by atoms with Crippen molar-refractivity contribution in [3.8, 4) is 0 Å². The number of carbonyl (C=O) groups is 1. The first-order chi connectivity index (χ1) is 11.0. The number of hydrogen-bond donors (Lipinski definition) is 0. The number of benzene rings is 1. The van der Waals surface area contributed by atoms with Crippen molar-refractivity contribution in [2.75, 3.05) is 11.4 Å². The molecule has 1 amide bonds. The third-order valence-corrected chi connectivity index (χ3v) is 5.15. The molecule has 0 unspecified atom stereocenters. The summed E-state index contributed by atoms with van der Waals surface area (Å²) < 4.78 is 1.82. The van der Waals surface area contributed by atoms with E-state index in [2.05, 4.69) is 36.0 Å². The second-order valence-electron chi connectivity index (χ2n) is 7.08. The number of carbonyl (C=O) groups excluding carboxylic acids is 1. The second-order valence-corrected chi connectivity index (χ2v) is 7.08. The molecular formula is C19H23N3O. The Hall–Kier alpha value is -2.10. The molecule has 120 valence electrons. The molecular weight excluding hydrogens is 286 g/mol. The molecule has 4 nitrogen and oxygen atoms in total. The minimum absolute atomic E-state index is 0.130. The normalized spacial score (nSPS) is 22.8. The predicted octanol–water partition coefficient (Wildman–Crippen LogP) is 3.12. The van der Waals surface area contributed by atoms with Crippen LogP contribution in [0, 0.1) is 19.8 Å². The maximum Gasteiger partial charge on any atom is 0.230 e. The number of rotatable bonds is 2. The standard InChI is InChI=1S/C19H23N3O/c1-12-7-13(2)18-14(8-12)5-4-6-22(18)19(23)17-9-16(17)15-10-20-21(3)11-15/h7-8,10-11,16-17H,4-6,9H2,1-3H3/t16-,17+/m1/s1. The van der Waals surface area contributed by atoms with E-state index in [1.165, 1.54) is 27.9 Å². The molecule has 2 aromatic rings. The van der Waals surface area contributed by atoms with Crippen LogP contribution in [0.15, 0.2) is 24.5 Å². The van der Waals surface area contributed by atoms with Gasteiger partial charge in [-0.15, -0.1) is 0 Å². The van der Waals surface area contributed by atoms with E-state index in [0.29, 0.717) is 11.8 Å². The van der Waals surface area contributed by atoms with Crippen molar-refractivity contribution in [2.45, 2.75) is 39.0 Å². The summed E-state index contributed by atoms with van der Waals surface area (Å²) in [7, 11) is 1.93. The van der Waals surface area contributed by atoms with Crippen LogP contribution in [0.1, 0.15) is 41.0 Å². The summed E-state index contributed by atoms with van der Waals surface area (Å²) in [5.41, 5.74) is 6.22.